The zero-order valence-corrected chi connectivity index (χ0v) is 10.8. The lowest BCUT2D eigenvalue weighted by molar-refractivity contribution is 0.476. The fraction of sp³-hybridized carbons (Fsp3) is 0.357. The highest BCUT2D eigenvalue weighted by molar-refractivity contribution is 5.92. The van der Waals surface area contributed by atoms with Crippen molar-refractivity contribution in [2.24, 2.45) is 0 Å². The molecule has 2 aromatic rings. The van der Waals surface area contributed by atoms with Gasteiger partial charge in [0.05, 0.1) is 0 Å². The molecule has 0 radical (unpaired) electrons. The number of pyridine rings is 1. The highest BCUT2D eigenvalue weighted by Crippen LogP contribution is 2.24. The number of phenols is 1. The van der Waals surface area contributed by atoms with Crippen molar-refractivity contribution in [3.63, 3.8) is 0 Å². The average molecular weight is 245 g/mol. The van der Waals surface area contributed by atoms with Gasteiger partial charge in [-0.2, -0.15) is 0 Å². The molecule has 0 saturated heterocycles. The van der Waals surface area contributed by atoms with Crippen LogP contribution in [0.5, 0.6) is 5.75 Å². The van der Waals surface area contributed by atoms with Crippen LogP contribution in [0.25, 0.3) is 10.8 Å². The molecule has 96 valence electrons. The fourth-order valence-electron chi connectivity index (χ4n) is 1.84. The molecule has 18 heavy (non-hydrogen) atoms. The molecule has 4 heteroatoms. The van der Waals surface area contributed by atoms with Crippen molar-refractivity contribution < 1.29 is 5.11 Å². The van der Waals surface area contributed by atoms with Crippen molar-refractivity contribution in [2.45, 2.75) is 19.9 Å². The second-order valence-electron chi connectivity index (χ2n) is 4.60. The topological polar surface area (TPSA) is 57.2 Å². The number of hydrogen-bond acceptors (Lipinski definition) is 4. The lowest BCUT2D eigenvalue weighted by Crippen LogP contribution is -2.28. The Morgan fingerprint density at radius 1 is 1.22 bits per heavy atom. The maximum absolute atomic E-state index is 9.53. The van der Waals surface area contributed by atoms with E-state index in [1.165, 1.54) is 0 Å². The van der Waals surface area contributed by atoms with Crippen LogP contribution in [0.4, 0.5) is 5.82 Å². The van der Waals surface area contributed by atoms with Crippen molar-refractivity contribution >= 4 is 16.6 Å². The molecule has 0 spiro atoms. The molecule has 0 aliphatic rings. The molecule has 1 heterocycles. The second kappa shape index (κ2) is 5.69. The number of aromatic hydroxyl groups is 1. The summed E-state index contributed by atoms with van der Waals surface area (Å²) in [7, 11) is 0. The maximum atomic E-state index is 9.53. The summed E-state index contributed by atoms with van der Waals surface area (Å²) in [6, 6.07) is 7.74. The maximum Gasteiger partial charge on any atom is 0.133 e. The molecule has 2 rings (SSSR count). The van der Waals surface area contributed by atoms with Crippen LogP contribution in [-0.2, 0) is 0 Å². The first-order chi connectivity index (χ1) is 8.66. The van der Waals surface area contributed by atoms with E-state index in [4.69, 9.17) is 0 Å². The van der Waals surface area contributed by atoms with E-state index in [9.17, 15) is 5.11 Å². The van der Waals surface area contributed by atoms with Gasteiger partial charge in [-0.15, -0.1) is 0 Å². The molecule has 1 aromatic heterocycles. The van der Waals surface area contributed by atoms with Gasteiger partial charge in [0.2, 0.25) is 0 Å². The Labute approximate surface area is 107 Å². The lowest BCUT2D eigenvalue weighted by atomic mass is 10.1. The molecule has 3 N–H and O–H groups in total. The quantitative estimate of drug-likeness (QED) is 0.708. The minimum Gasteiger partial charge on any atom is -0.508 e. The van der Waals surface area contributed by atoms with Crippen molar-refractivity contribution in [3.05, 3.63) is 30.5 Å². The SMILES string of the molecule is CC(C)NCCNc1nccc2ccc(O)cc12. The molecular weight excluding hydrogens is 226 g/mol. The predicted molar refractivity (Wildman–Crippen MR) is 75.0 cm³/mol. The first-order valence-corrected chi connectivity index (χ1v) is 6.22. The summed E-state index contributed by atoms with van der Waals surface area (Å²) in [6.45, 7) is 5.93. The standard InChI is InChI=1S/C14H19N3O/c1-10(2)15-7-8-17-14-13-9-12(18)4-3-11(13)5-6-16-14/h3-6,9-10,15,18H,7-8H2,1-2H3,(H,16,17). The third-order valence-corrected chi connectivity index (χ3v) is 2.72. The van der Waals surface area contributed by atoms with Gasteiger partial charge in [-0.3, -0.25) is 0 Å². The summed E-state index contributed by atoms with van der Waals surface area (Å²) in [4.78, 5) is 4.31. The number of aromatic nitrogens is 1. The molecule has 1 aromatic carbocycles. The molecule has 0 unspecified atom stereocenters. The Balaban J connectivity index is 2.10. The monoisotopic (exact) mass is 245 g/mol. The van der Waals surface area contributed by atoms with E-state index in [-0.39, 0.29) is 5.75 Å². The van der Waals surface area contributed by atoms with Crippen molar-refractivity contribution in [3.8, 4) is 5.75 Å². The number of nitrogens with one attached hydrogen (secondary N) is 2. The Hall–Kier alpha value is -1.81. The zero-order valence-electron chi connectivity index (χ0n) is 10.8. The van der Waals surface area contributed by atoms with Gasteiger partial charge in [0.15, 0.2) is 0 Å². The molecule has 0 amide bonds. The van der Waals surface area contributed by atoms with Gasteiger partial charge < -0.3 is 15.7 Å². The highest BCUT2D eigenvalue weighted by atomic mass is 16.3. The van der Waals surface area contributed by atoms with Crippen LogP contribution in [0.3, 0.4) is 0 Å². The molecule has 0 aliphatic carbocycles. The van der Waals surface area contributed by atoms with Gasteiger partial charge in [0.25, 0.3) is 0 Å². The first kappa shape index (κ1) is 12.6. The number of anilines is 1. The molecule has 0 bridgehead atoms. The number of rotatable bonds is 5. The Kier molecular flexibility index (Phi) is 3.99. The summed E-state index contributed by atoms with van der Waals surface area (Å²) in [5.41, 5.74) is 0. The summed E-state index contributed by atoms with van der Waals surface area (Å²) in [5.74, 6) is 1.08. The van der Waals surface area contributed by atoms with Crippen LogP contribution < -0.4 is 10.6 Å². The summed E-state index contributed by atoms with van der Waals surface area (Å²) >= 11 is 0. The van der Waals surface area contributed by atoms with E-state index in [2.05, 4.69) is 29.5 Å². The van der Waals surface area contributed by atoms with E-state index < -0.39 is 0 Å². The molecule has 0 saturated carbocycles. The van der Waals surface area contributed by atoms with Gasteiger partial charge in [-0.05, 0) is 23.6 Å². The normalized spacial score (nSPS) is 11.1. The van der Waals surface area contributed by atoms with Crippen molar-refractivity contribution in [1.82, 2.24) is 10.3 Å². The minimum absolute atomic E-state index is 0.263. The van der Waals surface area contributed by atoms with Crippen LogP contribution in [0.15, 0.2) is 30.5 Å². The number of nitrogens with zero attached hydrogens (tertiary/aromatic N) is 1. The van der Waals surface area contributed by atoms with Gasteiger partial charge in [-0.25, -0.2) is 4.98 Å². The summed E-state index contributed by atoms with van der Waals surface area (Å²) in [6.07, 6.45) is 1.78. The van der Waals surface area contributed by atoms with Crippen LogP contribution in [0, 0.1) is 0 Å². The molecule has 0 atom stereocenters. The van der Waals surface area contributed by atoms with Gasteiger partial charge in [-0.1, -0.05) is 19.9 Å². The smallest absolute Gasteiger partial charge is 0.133 e. The lowest BCUT2D eigenvalue weighted by Gasteiger charge is -2.11. The second-order valence-corrected chi connectivity index (χ2v) is 4.60. The highest BCUT2D eigenvalue weighted by Gasteiger charge is 2.02. The predicted octanol–water partition coefficient (Wildman–Crippen LogP) is 2.35. The minimum atomic E-state index is 0.263. The van der Waals surface area contributed by atoms with E-state index in [1.807, 2.05) is 12.1 Å². The van der Waals surface area contributed by atoms with Gasteiger partial charge in [0, 0.05) is 30.7 Å². The Morgan fingerprint density at radius 2 is 2.06 bits per heavy atom. The Bertz CT molecular complexity index is 525. The molecule has 0 fully saturated rings. The van der Waals surface area contributed by atoms with Gasteiger partial charge >= 0.3 is 0 Å². The summed E-state index contributed by atoms with van der Waals surface area (Å²) < 4.78 is 0. The fourth-order valence-corrected chi connectivity index (χ4v) is 1.84. The number of benzene rings is 1. The van der Waals surface area contributed by atoms with E-state index in [0.717, 1.165) is 29.7 Å². The number of phenolic OH excluding ortho intramolecular Hbond substituents is 1. The third kappa shape index (κ3) is 3.11. The zero-order chi connectivity index (χ0) is 13.0. The molecule has 0 aliphatic heterocycles. The van der Waals surface area contributed by atoms with Gasteiger partial charge in [0.1, 0.15) is 11.6 Å². The van der Waals surface area contributed by atoms with E-state index in [0.29, 0.717) is 6.04 Å². The largest absolute Gasteiger partial charge is 0.508 e. The van der Waals surface area contributed by atoms with Crippen LogP contribution in [0.1, 0.15) is 13.8 Å². The third-order valence-electron chi connectivity index (χ3n) is 2.72. The van der Waals surface area contributed by atoms with Crippen LogP contribution >= 0.6 is 0 Å². The summed E-state index contributed by atoms with van der Waals surface area (Å²) in [5, 5.41) is 18.2. The van der Waals surface area contributed by atoms with Crippen molar-refractivity contribution in [2.75, 3.05) is 18.4 Å². The van der Waals surface area contributed by atoms with E-state index >= 15 is 0 Å². The number of fused-ring (bicyclic) bond motifs is 1. The first-order valence-electron chi connectivity index (χ1n) is 6.22. The van der Waals surface area contributed by atoms with Crippen molar-refractivity contribution in [1.29, 1.82) is 0 Å². The number of hydrogen-bond donors (Lipinski definition) is 3. The Morgan fingerprint density at radius 3 is 2.83 bits per heavy atom. The van der Waals surface area contributed by atoms with Crippen LogP contribution in [0.2, 0.25) is 0 Å². The van der Waals surface area contributed by atoms with E-state index in [1.54, 1.807) is 18.3 Å². The molecular formula is C14H19N3O. The average Bonchev–Trinajstić information content (AvgIpc) is 2.34. The van der Waals surface area contributed by atoms with Crippen LogP contribution in [-0.4, -0.2) is 29.2 Å². The molecule has 4 nitrogen and oxygen atoms in total.